The molecule has 1 aliphatic carbocycles. The van der Waals surface area contributed by atoms with Gasteiger partial charge in [-0.3, -0.25) is 4.79 Å². The zero-order chi connectivity index (χ0) is 25.0. The SMILES string of the molecule is Cc1cc(F)c(C(=O)Nc2cccc3c2OC[C@@H](C(C)O)n2nnnc2-3)cc1-n1cnc(C2CC2)c1. The summed E-state index contributed by atoms with van der Waals surface area (Å²) in [5.41, 5.74) is 3.18. The van der Waals surface area contributed by atoms with E-state index in [4.69, 9.17) is 4.74 Å². The number of imidazole rings is 1. The van der Waals surface area contributed by atoms with Crippen molar-refractivity contribution in [2.75, 3.05) is 11.9 Å². The number of rotatable bonds is 5. The molecule has 0 radical (unpaired) electrons. The van der Waals surface area contributed by atoms with Crippen molar-refractivity contribution in [1.82, 2.24) is 29.8 Å². The van der Waals surface area contributed by atoms with E-state index in [1.54, 1.807) is 38.4 Å². The van der Waals surface area contributed by atoms with Crippen LogP contribution in [0.1, 0.15) is 53.3 Å². The average molecular weight is 490 g/mol. The fourth-order valence-corrected chi connectivity index (χ4v) is 4.51. The van der Waals surface area contributed by atoms with Gasteiger partial charge in [0.05, 0.1) is 40.6 Å². The second kappa shape index (κ2) is 8.52. The summed E-state index contributed by atoms with van der Waals surface area (Å²) >= 11 is 0. The summed E-state index contributed by atoms with van der Waals surface area (Å²) in [6, 6.07) is 7.52. The van der Waals surface area contributed by atoms with Gasteiger partial charge in [0.2, 0.25) is 0 Å². The van der Waals surface area contributed by atoms with Crippen LogP contribution in [0.4, 0.5) is 10.1 Å². The quantitative estimate of drug-likeness (QED) is 0.441. The first-order valence-electron chi connectivity index (χ1n) is 11.8. The number of aryl methyl sites for hydroxylation is 1. The predicted octanol–water partition coefficient (Wildman–Crippen LogP) is 3.42. The van der Waals surface area contributed by atoms with E-state index in [-0.39, 0.29) is 12.2 Å². The van der Waals surface area contributed by atoms with Crippen LogP contribution in [0, 0.1) is 12.7 Å². The molecule has 2 aromatic carbocycles. The molecule has 1 unspecified atom stereocenters. The molecule has 2 aliphatic rings. The van der Waals surface area contributed by atoms with Gasteiger partial charge in [-0.25, -0.2) is 14.1 Å². The number of nitrogens with one attached hydrogen (secondary N) is 1. The number of carbonyl (C=O) groups excluding carboxylic acids is 1. The number of carbonyl (C=O) groups is 1. The maximum atomic E-state index is 15.0. The van der Waals surface area contributed by atoms with Gasteiger partial charge in [-0.05, 0) is 66.9 Å². The molecule has 4 aromatic rings. The van der Waals surface area contributed by atoms with E-state index in [0.29, 0.717) is 40.0 Å². The Balaban J connectivity index is 1.33. The number of tetrazole rings is 1. The molecule has 2 N–H and O–H groups in total. The minimum absolute atomic E-state index is 0.0859. The lowest BCUT2D eigenvalue weighted by molar-refractivity contribution is 0.0901. The van der Waals surface area contributed by atoms with Crippen LogP contribution in [0.5, 0.6) is 5.75 Å². The largest absolute Gasteiger partial charge is 0.488 e. The van der Waals surface area contributed by atoms with Crippen LogP contribution in [0.25, 0.3) is 17.1 Å². The standard InChI is InChI=1S/C25H24FN7O3/c1-13-8-18(26)17(9-21(13)32-10-20(27-12-32)15-6-7-15)25(35)28-19-5-3-4-16-23(19)36-11-22(14(2)34)33-24(16)29-30-31-33/h3-5,8-10,12,14-15,22,34H,6-7,11H2,1-2H3,(H,28,35)/t14?,22-/m0/s1. The highest BCUT2D eigenvalue weighted by molar-refractivity contribution is 6.06. The molecular weight excluding hydrogens is 465 g/mol. The monoisotopic (exact) mass is 489 g/mol. The zero-order valence-corrected chi connectivity index (χ0v) is 19.7. The highest BCUT2D eigenvalue weighted by Gasteiger charge is 2.31. The van der Waals surface area contributed by atoms with Gasteiger partial charge in [-0.2, -0.15) is 0 Å². The number of para-hydroxylation sites is 1. The van der Waals surface area contributed by atoms with Crippen LogP contribution >= 0.6 is 0 Å². The van der Waals surface area contributed by atoms with E-state index in [0.717, 1.165) is 18.5 Å². The Hall–Kier alpha value is -4.12. The third kappa shape index (κ3) is 3.81. The number of benzene rings is 2. The number of fused-ring (bicyclic) bond motifs is 3. The van der Waals surface area contributed by atoms with Crippen molar-refractivity contribution < 1.29 is 19.0 Å². The minimum Gasteiger partial charge on any atom is -0.488 e. The number of hydrogen-bond donors (Lipinski definition) is 2. The maximum absolute atomic E-state index is 15.0. The highest BCUT2D eigenvalue weighted by atomic mass is 19.1. The average Bonchev–Trinajstić information content (AvgIpc) is 3.43. The van der Waals surface area contributed by atoms with Crippen molar-refractivity contribution in [3.63, 3.8) is 0 Å². The Morgan fingerprint density at radius 2 is 2.14 bits per heavy atom. The van der Waals surface area contributed by atoms with Crippen molar-refractivity contribution in [3.05, 3.63) is 65.5 Å². The van der Waals surface area contributed by atoms with Gasteiger partial charge in [-0.15, -0.1) is 5.10 Å². The summed E-state index contributed by atoms with van der Waals surface area (Å²) in [7, 11) is 0. The molecule has 6 rings (SSSR count). The molecule has 3 heterocycles. The van der Waals surface area contributed by atoms with Crippen molar-refractivity contribution in [1.29, 1.82) is 0 Å². The lowest BCUT2D eigenvalue weighted by Gasteiger charge is -2.18. The minimum atomic E-state index is -0.775. The summed E-state index contributed by atoms with van der Waals surface area (Å²) < 4.78 is 24.3. The fourth-order valence-electron chi connectivity index (χ4n) is 4.51. The maximum Gasteiger partial charge on any atom is 0.258 e. The number of hydrogen-bond acceptors (Lipinski definition) is 7. The first-order chi connectivity index (χ1) is 17.4. The Labute approximate surface area is 205 Å². The topological polar surface area (TPSA) is 120 Å². The summed E-state index contributed by atoms with van der Waals surface area (Å²) in [6.45, 7) is 3.51. The summed E-state index contributed by atoms with van der Waals surface area (Å²) in [4.78, 5) is 17.7. The molecule has 0 spiro atoms. The van der Waals surface area contributed by atoms with Crippen LogP contribution in [-0.2, 0) is 0 Å². The smallest absolute Gasteiger partial charge is 0.258 e. The zero-order valence-electron chi connectivity index (χ0n) is 19.7. The molecule has 1 aliphatic heterocycles. The normalized spacial score (nSPS) is 17.5. The van der Waals surface area contributed by atoms with Gasteiger partial charge < -0.3 is 19.7 Å². The molecule has 36 heavy (non-hydrogen) atoms. The van der Waals surface area contributed by atoms with E-state index in [1.807, 2.05) is 10.8 Å². The molecule has 1 amide bonds. The number of anilines is 1. The van der Waals surface area contributed by atoms with E-state index < -0.39 is 23.9 Å². The number of nitrogens with zero attached hydrogens (tertiary/aromatic N) is 6. The lowest BCUT2D eigenvalue weighted by atomic mass is 10.1. The van der Waals surface area contributed by atoms with Gasteiger partial charge in [0, 0.05) is 12.1 Å². The van der Waals surface area contributed by atoms with Gasteiger partial charge >= 0.3 is 0 Å². The summed E-state index contributed by atoms with van der Waals surface area (Å²) in [5, 5.41) is 24.8. The highest BCUT2D eigenvalue weighted by Crippen LogP contribution is 2.40. The van der Waals surface area contributed by atoms with Gasteiger partial charge in [0.1, 0.15) is 18.5 Å². The molecular formula is C25H24FN7O3. The fraction of sp³-hybridized carbons (Fsp3) is 0.320. The molecule has 1 saturated carbocycles. The molecule has 2 aromatic heterocycles. The molecule has 1 fully saturated rings. The van der Waals surface area contributed by atoms with Crippen LogP contribution in [0.3, 0.4) is 0 Å². The Morgan fingerprint density at radius 1 is 1.31 bits per heavy atom. The number of aliphatic hydroxyl groups is 1. The number of aromatic nitrogens is 6. The van der Waals surface area contributed by atoms with Crippen LogP contribution < -0.4 is 10.1 Å². The van der Waals surface area contributed by atoms with Crippen LogP contribution in [0.15, 0.2) is 42.9 Å². The Bertz CT molecular complexity index is 1470. The lowest BCUT2D eigenvalue weighted by Crippen LogP contribution is -2.27. The van der Waals surface area contributed by atoms with Crippen LogP contribution in [0.2, 0.25) is 0 Å². The molecule has 10 nitrogen and oxygen atoms in total. The first kappa shape index (κ1) is 22.4. The van der Waals surface area contributed by atoms with E-state index >= 15 is 0 Å². The Morgan fingerprint density at radius 3 is 2.92 bits per heavy atom. The summed E-state index contributed by atoms with van der Waals surface area (Å²) in [6.07, 6.45) is 5.11. The molecule has 0 saturated heterocycles. The number of ether oxygens (including phenoxy) is 1. The van der Waals surface area contributed by atoms with Gasteiger partial charge in [-0.1, -0.05) is 6.07 Å². The van der Waals surface area contributed by atoms with Crippen molar-refractivity contribution in [2.24, 2.45) is 0 Å². The van der Waals surface area contributed by atoms with Gasteiger partial charge in [0.15, 0.2) is 11.6 Å². The van der Waals surface area contributed by atoms with Crippen LogP contribution in [-0.4, -0.2) is 53.5 Å². The first-order valence-corrected chi connectivity index (χ1v) is 11.8. The Kier molecular flexibility index (Phi) is 5.29. The van der Waals surface area contributed by atoms with Gasteiger partial charge in [0.25, 0.3) is 5.91 Å². The summed E-state index contributed by atoms with van der Waals surface area (Å²) in [5.74, 6) is -0.0135. The van der Waals surface area contributed by atoms with Crippen molar-refractivity contribution >= 4 is 11.6 Å². The van der Waals surface area contributed by atoms with E-state index in [1.165, 1.54) is 16.8 Å². The van der Waals surface area contributed by atoms with Crippen molar-refractivity contribution in [2.45, 2.75) is 44.8 Å². The third-order valence-electron chi connectivity index (χ3n) is 6.67. The number of aliphatic hydroxyl groups excluding tert-OH is 1. The molecule has 184 valence electrons. The number of halogens is 1. The second-order valence-corrected chi connectivity index (χ2v) is 9.30. The number of amides is 1. The second-order valence-electron chi connectivity index (χ2n) is 9.30. The third-order valence-corrected chi connectivity index (χ3v) is 6.67. The predicted molar refractivity (Wildman–Crippen MR) is 128 cm³/mol. The van der Waals surface area contributed by atoms with E-state index in [2.05, 4.69) is 25.8 Å². The molecule has 11 heteroatoms. The van der Waals surface area contributed by atoms with Crippen molar-refractivity contribution in [3.8, 4) is 22.8 Å². The molecule has 0 bridgehead atoms. The molecule has 2 atom stereocenters. The van der Waals surface area contributed by atoms with E-state index in [9.17, 15) is 14.3 Å².